The van der Waals surface area contributed by atoms with Crippen molar-refractivity contribution in [1.82, 2.24) is 0 Å². The first kappa shape index (κ1) is 16.4. The van der Waals surface area contributed by atoms with E-state index >= 15 is 0 Å². The van der Waals surface area contributed by atoms with Crippen molar-refractivity contribution in [2.45, 2.75) is 30.7 Å². The average Bonchev–Trinajstić information content (AvgIpc) is 2.50. The van der Waals surface area contributed by atoms with E-state index in [4.69, 9.17) is 10.5 Å². The summed E-state index contributed by atoms with van der Waals surface area (Å²) in [6.07, 6.45) is 3.84. The van der Waals surface area contributed by atoms with Crippen LogP contribution in [0.1, 0.15) is 18.9 Å². The zero-order valence-electron chi connectivity index (χ0n) is 12.3. The SMILES string of the molecule is CCC(N)Cc1ccc(Br)cc1Oc1ccc(SC)cc1. The minimum absolute atomic E-state index is 0.160. The van der Waals surface area contributed by atoms with Gasteiger partial charge in [-0.25, -0.2) is 0 Å². The molecule has 0 aromatic heterocycles. The van der Waals surface area contributed by atoms with Crippen molar-refractivity contribution in [3.63, 3.8) is 0 Å². The molecule has 0 saturated heterocycles. The molecule has 0 spiro atoms. The van der Waals surface area contributed by atoms with Crippen LogP contribution in [0.3, 0.4) is 0 Å². The summed E-state index contributed by atoms with van der Waals surface area (Å²) in [6, 6.07) is 14.4. The standard InChI is InChI=1S/C17H20BrNOS/c1-3-14(19)10-12-4-5-13(18)11-17(12)20-15-6-8-16(21-2)9-7-15/h4-9,11,14H,3,10,19H2,1-2H3. The molecule has 1 unspecified atom stereocenters. The van der Waals surface area contributed by atoms with Crippen LogP contribution in [-0.4, -0.2) is 12.3 Å². The molecule has 2 nitrogen and oxygen atoms in total. The molecule has 0 fully saturated rings. The first-order chi connectivity index (χ1) is 10.1. The van der Waals surface area contributed by atoms with Crippen LogP contribution in [-0.2, 0) is 6.42 Å². The van der Waals surface area contributed by atoms with Crippen molar-refractivity contribution in [3.05, 3.63) is 52.5 Å². The molecule has 21 heavy (non-hydrogen) atoms. The van der Waals surface area contributed by atoms with Crippen LogP contribution in [0.5, 0.6) is 11.5 Å². The molecule has 2 N–H and O–H groups in total. The molecular formula is C17H20BrNOS. The zero-order valence-corrected chi connectivity index (χ0v) is 14.7. The minimum Gasteiger partial charge on any atom is -0.457 e. The van der Waals surface area contributed by atoms with E-state index in [1.54, 1.807) is 11.8 Å². The Morgan fingerprint density at radius 1 is 1.19 bits per heavy atom. The van der Waals surface area contributed by atoms with Crippen LogP contribution in [0.15, 0.2) is 51.8 Å². The van der Waals surface area contributed by atoms with Crippen LogP contribution in [0.25, 0.3) is 0 Å². The smallest absolute Gasteiger partial charge is 0.131 e. The average molecular weight is 366 g/mol. The lowest BCUT2D eigenvalue weighted by Gasteiger charge is -2.15. The number of rotatable bonds is 6. The third kappa shape index (κ3) is 4.77. The molecule has 112 valence electrons. The topological polar surface area (TPSA) is 35.2 Å². The van der Waals surface area contributed by atoms with Gasteiger partial charge >= 0.3 is 0 Å². The third-order valence-corrected chi connectivity index (χ3v) is 4.56. The zero-order chi connectivity index (χ0) is 15.2. The number of benzene rings is 2. The highest BCUT2D eigenvalue weighted by atomic mass is 79.9. The Labute approximate surface area is 139 Å². The van der Waals surface area contributed by atoms with Crippen LogP contribution < -0.4 is 10.5 Å². The predicted octanol–water partition coefficient (Wildman–Crippen LogP) is 5.24. The highest BCUT2D eigenvalue weighted by Crippen LogP contribution is 2.30. The first-order valence-corrected chi connectivity index (χ1v) is 9.00. The Bertz CT molecular complexity index is 586. The molecule has 0 aliphatic carbocycles. The normalized spacial score (nSPS) is 12.2. The molecule has 0 aliphatic heterocycles. The van der Waals surface area contributed by atoms with Gasteiger partial charge in [-0.1, -0.05) is 28.9 Å². The summed E-state index contributed by atoms with van der Waals surface area (Å²) >= 11 is 5.22. The summed E-state index contributed by atoms with van der Waals surface area (Å²) in [7, 11) is 0. The molecule has 0 aliphatic rings. The Morgan fingerprint density at radius 2 is 1.90 bits per heavy atom. The van der Waals surface area contributed by atoms with Gasteiger partial charge in [0.1, 0.15) is 11.5 Å². The largest absolute Gasteiger partial charge is 0.457 e. The van der Waals surface area contributed by atoms with E-state index in [9.17, 15) is 0 Å². The molecule has 2 rings (SSSR count). The van der Waals surface area contributed by atoms with Crippen molar-refractivity contribution >= 4 is 27.7 Å². The molecule has 2 aromatic rings. The monoisotopic (exact) mass is 365 g/mol. The van der Waals surface area contributed by atoms with Crippen LogP contribution in [0.2, 0.25) is 0 Å². The van der Waals surface area contributed by atoms with Gasteiger partial charge in [0.2, 0.25) is 0 Å². The molecule has 1 atom stereocenters. The molecular weight excluding hydrogens is 346 g/mol. The van der Waals surface area contributed by atoms with Gasteiger partial charge in [-0.3, -0.25) is 0 Å². The number of hydrogen-bond acceptors (Lipinski definition) is 3. The van der Waals surface area contributed by atoms with Crippen molar-refractivity contribution in [2.75, 3.05) is 6.26 Å². The lowest BCUT2D eigenvalue weighted by molar-refractivity contribution is 0.471. The Balaban J connectivity index is 2.22. The highest BCUT2D eigenvalue weighted by Gasteiger charge is 2.09. The lowest BCUT2D eigenvalue weighted by atomic mass is 10.0. The Morgan fingerprint density at radius 3 is 2.52 bits per heavy atom. The van der Waals surface area contributed by atoms with Gasteiger partial charge < -0.3 is 10.5 Å². The molecule has 0 bridgehead atoms. The van der Waals surface area contributed by atoms with Crippen LogP contribution in [0.4, 0.5) is 0 Å². The van der Waals surface area contributed by atoms with E-state index in [0.29, 0.717) is 0 Å². The Kier molecular flexibility index (Phi) is 6.15. The van der Waals surface area contributed by atoms with Gasteiger partial charge in [-0.05, 0) is 61.1 Å². The summed E-state index contributed by atoms with van der Waals surface area (Å²) < 4.78 is 7.05. The van der Waals surface area contributed by atoms with Crippen molar-refractivity contribution in [2.24, 2.45) is 5.73 Å². The number of halogens is 1. The second-order valence-electron chi connectivity index (χ2n) is 4.90. The fourth-order valence-electron chi connectivity index (χ4n) is 1.99. The number of ether oxygens (including phenoxy) is 1. The van der Waals surface area contributed by atoms with E-state index in [-0.39, 0.29) is 6.04 Å². The second-order valence-corrected chi connectivity index (χ2v) is 6.70. The number of hydrogen-bond donors (Lipinski definition) is 1. The fourth-order valence-corrected chi connectivity index (χ4v) is 2.74. The van der Waals surface area contributed by atoms with Crippen LogP contribution in [0, 0.1) is 0 Å². The molecule has 2 aromatic carbocycles. The lowest BCUT2D eigenvalue weighted by Crippen LogP contribution is -2.21. The minimum atomic E-state index is 0.160. The maximum atomic E-state index is 6.07. The number of thioether (sulfide) groups is 1. The highest BCUT2D eigenvalue weighted by molar-refractivity contribution is 9.10. The van der Waals surface area contributed by atoms with Crippen LogP contribution >= 0.6 is 27.7 Å². The summed E-state index contributed by atoms with van der Waals surface area (Å²) in [5.41, 5.74) is 7.21. The Hall–Kier alpha value is -0.970. The molecule has 4 heteroatoms. The quantitative estimate of drug-likeness (QED) is 0.710. The van der Waals surface area contributed by atoms with Crippen molar-refractivity contribution in [3.8, 4) is 11.5 Å². The van der Waals surface area contributed by atoms with Gasteiger partial charge in [-0.2, -0.15) is 0 Å². The van der Waals surface area contributed by atoms with E-state index < -0.39 is 0 Å². The van der Waals surface area contributed by atoms with E-state index in [1.807, 2.05) is 24.3 Å². The van der Waals surface area contributed by atoms with Gasteiger partial charge in [0.25, 0.3) is 0 Å². The maximum absolute atomic E-state index is 6.07. The molecule has 0 heterocycles. The van der Waals surface area contributed by atoms with Gasteiger partial charge in [-0.15, -0.1) is 11.8 Å². The van der Waals surface area contributed by atoms with E-state index in [0.717, 1.165) is 34.4 Å². The van der Waals surface area contributed by atoms with E-state index in [1.165, 1.54) is 4.90 Å². The van der Waals surface area contributed by atoms with Crippen molar-refractivity contribution < 1.29 is 4.74 Å². The fraction of sp³-hybridized carbons (Fsp3) is 0.294. The first-order valence-electron chi connectivity index (χ1n) is 6.98. The second kappa shape index (κ2) is 7.87. The summed E-state index contributed by atoms with van der Waals surface area (Å²) in [5.74, 6) is 1.71. The summed E-state index contributed by atoms with van der Waals surface area (Å²) in [6.45, 7) is 2.10. The predicted molar refractivity (Wildman–Crippen MR) is 94.4 cm³/mol. The van der Waals surface area contributed by atoms with E-state index in [2.05, 4.69) is 47.3 Å². The molecule has 0 amide bonds. The molecule has 0 radical (unpaired) electrons. The van der Waals surface area contributed by atoms with Crippen molar-refractivity contribution in [1.29, 1.82) is 0 Å². The number of nitrogens with two attached hydrogens (primary N) is 1. The third-order valence-electron chi connectivity index (χ3n) is 3.32. The maximum Gasteiger partial charge on any atom is 0.131 e. The van der Waals surface area contributed by atoms with Gasteiger partial charge in [0.05, 0.1) is 0 Å². The van der Waals surface area contributed by atoms with Gasteiger partial charge in [0.15, 0.2) is 0 Å². The molecule has 0 saturated carbocycles. The summed E-state index contributed by atoms with van der Waals surface area (Å²) in [4.78, 5) is 1.23. The summed E-state index contributed by atoms with van der Waals surface area (Å²) in [5, 5.41) is 0. The van der Waals surface area contributed by atoms with Gasteiger partial charge in [0, 0.05) is 15.4 Å².